The average molecular weight is 272 g/mol. The molecule has 2 amide bonds. The van der Waals surface area contributed by atoms with Crippen LogP contribution < -0.4 is 10.6 Å². The standard InChI is InChI=1S/C14H28N2O3/c1-9(2)7-11(17)8-15-12(18)10(3)16-13(19)14(4,5)6/h9-11,17H,7-8H2,1-6H3,(H,15,18)(H,16,19). The lowest BCUT2D eigenvalue weighted by molar-refractivity contribution is -0.133. The minimum absolute atomic E-state index is 0.169. The van der Waals surface area contributed by atoms with E-state index in [1.54, 1.807) is 27.7 Å². The van der Waals surface area contributed by atoms with Crippen LogP contribution in [0, 0.1) is 11.3 Å². The first kappa shape index (κ1) is 17.9. The second-order valence-electron chi connectivity index (χ2n) is 6.47. The largest absolute Gasteiger partial charge is 0.391 e. The predicted molar refractivity (Wildman–Crippen MR) is 75.5 cm³/mol. The molecule has 112 valence electrons. The molecule has 0 saturated carbocycles. The van der Waals surface area contributed by atoms with E-state index in [-0.39, 0.29) is 18.4 Å². The van der Waals surface area contributed by atoms with Gasteiger partial charge in [-0.25, -0.2) is 0 Å². The molecule has 0 rings (SSSR count). The Bertz CT molecular complexity index is 308. The van der Waals surface area contributed by atoms with Gasteiger partial charge in [-0.05, 0) is 19.3 Å². The van der Waals surface area contributed by atoms with Crippen LogP contribution in [0.25, 0.3) is 0 Å². The highest BCUT2D eigenvalue weighted by molar-refractivity contribution is 5.89. The molecule has 0 fully saturated rings. The van der Waals surface area contributed by atoms with Crippen molar-refractivity contribution < 1.29 is 14.7 Å². The van der Waals surface area contributed by atoms with Crippen molar-refractivity contribution in [2.75, 3.05) is 6.54 Å². The number of carbonyl (C=O) groups excluding carboxylic acids is 2. The molecule has 0 aromatic heterocycles. The summed E-state index contributed by atoms with van der Waals surface area (Å²) in [5.74, 6) is -0.0665. The number of aliphatic hydroxyl groups excluding tert-OH is 1. The summed E-state index contributed by atoms with van der Waals surface area (Å²) in [6, 6.07) is -0.599. The zero-order valence-electron chi connectivity index (χ0n) is 12.9. The summed E-state index contributed by atoms with van der Waals surface area (Å²) < 4.78 is 0. The lowest BCUT2D eigenvalue weighted by atomic mass is 9.95. The normalized spacial score (nSPS) is 14.9. The Hall–Kier alpha value is -1.10. The van der Waals surface area contributed by atoms with E-state index in [0.717, 1.165) is 0 Å². The molecule has 0 bridgehead atoms. The van der Waals surface area contributed by atoms with Gasteiger partial charge in [-0.2, -0.15) is 0 Å². The van der Waals surface area contributed by atoms with Gasteiger partial charge < -0.3 is 15.7 Å². The van der Waals surface area contributed by atoms with Crippen LogP contribution in [0.1, 0.15) is 48.0 Å². The number of nitrogens with one attached hydrogen (secondary N) is 2. The minimum atomic E-state index is -0.599. The summed E-state index contributed by atoms with van der Waals surface area (Å²) >= 11 is 0. The van der Waals surface area contributed by atoms with E-state index in [0.29, 0.717) is 12.3 Å². The maximum absolute atomic E-state index is 11.8. The van der Waals surface area contributed by atoms with Crippen LogP contribution >= 0.6 is 0 Å². The third-order valence-electron chi connectivity index (χ3n) is 2.68. The molecule has 0 aliphatic heterocycles. The number of amides is 2. The van der Waals surface area contributed by atoms with Crippen LogP contribution in [-0.4, -0.2) is 35.6 Å². The first-order chi connectivity index (χ1) is 8.54. The van der Waals surface area contributed by atoms with Crippen molar-refractivity contribution in [3.63, 3.8) is 0 Å². The number of carbonyl (C=O) groups is 2. The minimum Gasteiger partial charge on any atom is -0.391 e. The van der Waals surface area contributed by atoms with Crippen LogP contribution in [0.4, 0.5) is 0 Å². The quantitative estimate of drug-likeness (QED) is 0.676. The zero-order valence-corrected chi connectivity index (χ0v) is 12.9. The predicted octanol–water partition coefficient (Wildman–Crippen LogP) is 1.06. The van der Waals surface area contributed by atoms with Gasteiger partial charge in [0.1, 0.15) is 6.04 Å². The zero-order chi connectivity index (χ0) is 15.2. The van der Waals surface area contributed by atoms with Crippen molar-refractivity contribution in [3.05, 3.63) is 0 Å². The van der Waals surface area contributed by atoms with Gasteiger partial charge in [-0.1, -0.05) is 34.6 Å². The Labute approximate surface area is 116 Å². The van der Waals surface area contributed by atoms with E-state index >= 15 is 0 Å². The molecular formula is C14H28N2O3. The smallest absolute Gasteiger partial charge is 0.242 e. The maximum atomic E-state index is 11.8. The van der Waals surface area contributed by atoms with Crippen molar-refractivity contribution in [1.29, 1.82) is 0 Å². The molecule has 0 spiro atoms. The van der Waals surface area contributed by atoms with E-state index < -0.39 is 17.6 Å². The number of aliphatic hydroxyl groups is 1. The van der Waals surface area contributed by atoms with Crippen molar-refractivity contribution in [2.24, 2.45) is 11.3 Å². The van der Waals surface area contributed by atoms with Crippen LogP contribution in [0.2, 0.25) is 0 Å². The summed E-state index contributed by atoms with van der Waals surface area (Å²) in [5.41, 5.74) is -0.522. The van der Waals surface area contributed by atoms with Crippen molar-refractivity contribution in [3.8, 4) is 0 Å². The molecular weight excluding hydrogens is 244 g/mol. The summed E-state index contributed by atoms with van der Waals surface area (Å²) in [6.45, 7) is 11.2. The maximum Gasteiger partial charge on any atom is 0.242 e. The first-order valence-corrected chi connectivity index (χ1v) is 6.80. The van der Waals surface area contributed by atoms with Gasteiger partial charge in [-0.15, -0.1) is 0 Å². The molecule has 19 heavy (non-hydrogen) atoms. The third kappa shape index (κ3) is 7.82. The van der Waals surface area contributed by atoms with E-state index in [1.165, 1.54) is 0 Å². The highest BCUT2D eigenvalue weighted by atomic mass is 16.3. The molecule has 0 aromatic carbocycles. The average Bonchev–Trinajstić information content (AvgIpc) is 2.23. The van der Waals surface area contributed by atoms with Crippen LogP contribution in [-0.2, 0) is 9.59 Å². The molecule has 5 nitrogen and oxygen atoms in total. The third-order valence-corrected chi connectivity index (χ3v) is 2.68. The molecule has 0 aromatic rings. The van der Waals surface area contributed by atoms with Gasteiger partial charge in [-0.3, -0.25) is 9.59 Å². The van der Waals surface area contributed by atoms with Gasteiger partial charge >= 0.3 is 0 Å². The van der Waals surface area contributed by atoms with Gasteiger partial charge in [0, 0.05) is 12.0 Å². The van der Waals surface area contributed by atoms with E-state index in [1.807, 2.05) is 13.8 Å². The Kier molecular flexibility index (Phi) is 7.05. The fourth-order valence-corrected chi connectivity index (χ4v) is 1.48. The summed E-state index contributed by atoms with van der Waals surface area (Å²) in [6.07, 6.45) is 0.0951. The SMILES string of the molecule is CC(C)CC(O)CNC(=O)C(C)NC(=O)C(C)(C)C. The molecule has 2 atom stereocenters. The van der Waals surface area contributed by atoms with Crippen LogP contribution in [0.3, 0.4) is 0 Å². The second kappa shape index (κ2) is 7.48. The van der Waals surface area contributed by atoms with E-state index in [4.69, 9.17) is 0 Å². The Morgan fingerprint density at radius 3 is 2.11 bits per heavy atom. The van der Waals surface area contributed by atoms with Crippen molar-refractivity contribution >= 4 is 11.8 Å². The van der Waals surface area contributed by atoms with Gasteiger partial charge in [0.05, 0.1) is 6.10 Å². The van der Waals surface area contributed by atoms with Gasteiger partial charge in [0.2, 0.25) is 11.8 Å². The van der Waals surface area contributed by atoms with Gasteiger partial charge in [0.25, 0.3) is 0 Å². The van der Waals surface area contributed by atoms with E-state index in [2.05, 4.69) is 10.6 Å². The molecule has 5 heteroatoms. The van der Waals surface area contributed by atoms with Crippen LogP contribution in [0.15, 0.2) is 0 Å². The summed E-state index contributed by atoms with van der Waals surface area (Å²) in [4.78, 5) is 23.5. The first-order valence-electron chi connectivity index (χ1n) is 6.80. The molecule has 0 heterocycles. The molecule has 2 unspecified atom stereocenters. The number of hydrogen-bond donors (Lipinski definition) is 3. The Morgan fingerprint density at radius 2 is 1.68 bits per heavy atom. The lowest BCUT2D eigenvalue weighted by Crippen LogP contribution is -2.49. The van der Waals surface area contributed by atoms with Crippen LogP contribution in [0.5, 0.6) is 0 Å². The van der Waals surface area contributed by atoms with Crippen molar-refractivity contribution in [2.45, 2.75) is 60.1 Å². The van der Waals surface area contributed by atoms with Gasteiger partial charge in [0.15, 0.2) is 0 Å². The second-order valence-corrected chi connectivity index (χ2v) is 6.47. The molecule has 0 aliphatic carbocycles. The Morgan fingerprint density at radius 1 is 1.16 bits per heavy atom. The molecule has 0 aliphatic rings. The number of hydrogen-bond acceptors (Lipinski definition) is 3. The summed E-state index contributed by atoms with van der Waals surface area (Å²) in [7, 11) is 0. The number of rotatable bonds is 6. The molecule has 0 radical (unpaired) electrons. The fourth-order valence-electron chi connectivity index (χ4n) is 1.48. The Balaban J connectivity index is 4.11. The fraction of sp³-hybridized carbons (Fsp3) is 0.857. The monoisotopic (exact) mass is 272 g/mol. The van der Waals surface area contributed by atoms with E-state index in [9.17, 15) is 14.7 Å². The topological polar surface area (TPSA) is 78.4 Å². The highest BCUT2D eigenvalue weighted by Crippen LogP contribution is 2.12. The molecule has 3 N–H and O–H groups in total. The lowest BCUT2D eigenvalue weighted by Gasteiger charge is -2.22. The summed E-state index contributed by atoms with van der Waals surface area (Å²) in [5, 5.41) is 15.0. The van der Waals surface area contributed by atoms with Crippen molar-refractivity contribution in [1.82, 2.24) is 10.6 Å². The highest BCUT2D eigenvalue weighted by Gasteiger charge is 2.25. The molecule has 0 saturated heterocycles.